The maximum Gasteiger partial charge on any atom is 0.244 e. The number of pyridine rings is 1. The third-order valence-corrected chi connectivity index (χ3v) is 6.72. The summed E-state index contributed by atoms with van der Waals surface area (Å²) in [5.41, 5.74) is 1.18. The number of nitrogens with zero attached hydrogens (tertiary/aromatic N) is 3. The van der Waals surface area contributed by atoms with Gasteiger partial charge >= 0.3 is 0 Å². The van der Waals surface area contributed by atoms with E-state index >= 15 is 0 Å². The summed E-state index contributed by atoms with van der Waals surface area (Å²) in [6.07, 6.45) is 1.44. The minimum Gasteiger partial charge on any atom is -0.355 e. The van der Waals surface area contributed by atoms with Gasteiger partial charge < -0.3 is 4.90 Å². The molecular weight excluding hydrogens is 358 g/mol. The van der Waals surface area contributed by atoms with E-state index in [0.29, 0.717) is 19.6 Å². The van der Waals surface area contributed by atoms with Gasteiger partial charge in [-0.15, -0.1) is 0 Å². The Bertz CT molecular complexity index is 1010. The molecule has 0 radical (unpaired) electrons. The Balaban J connectivity index is 1.78. The van der Waals surface area contributed by atoms with E-state index < -0.39 is 10.0 Å². The average molecular weight is 384 g/mol. The molecule has 5 nitrogen and oxygen atoms in total. The summed E-state index contributed by atoms with van der Waals surface area (Å²) < 4.78 is 26.6. The number of hydrogen-bond acceptors (Lipinski definition) is 4. The Hall–Kier alpha value is -2.44. The van der Waals surface area contributed by atoms with Crippen LogP contribution in [-0.4, -0.2) is 37.8 Å². The summed E-state index contributed by atoms with van der Waals surface area (Å²) in [7, 11) is -1.52. The molecule has 0 saturated heterocycles. The van der Waals surface area contributed by atoms with Gasteiger partial charge in [0.15, 0.2) is 0 Å². The molecule has 0 bridgehead atoms. The van der Waals surface area contributed by atoms with E-state index in [2.05, 4.69) is 35.3 Å². The molecule has 0 fully saturated rings. The van der Waals surface area contributed by atoms with Crippen molar-refractivity contribution in [2.45, 2.75) is 25.3 Å². The van der Waals surface area contributed by atoms with Crippen LogP contribution in [0.2, 0.25) is 0 Å². The number of aromatic nitrogens is 1. The van der Waals surface area contributed by atoms with Crippen LogP contribution in [0, 0.1) is 0 Å². The number of fused-ring (bicyclic) bond motifs is 1. The average Bonchev–Trinajstić information content (AvgIpc) is 2.68. The van der Waals surface area contributed by atoms with Crippen molar-refractivity contribution < 1.29 is 8.42 Å². The van der Waals surface area contributed by atoms with Gasteiger partial charge in [-0.25, -0.2) is 13.4 Å². The van der Waals surface area contributed by atoms with E-state index in [1.807, 2.05) is 37.9 Å². The molecule has 142 valence electrons. The fourth-order valence-electron chi connectivity index (χ4n) is 3.16. The SMILES string of the molecule is CCN(CC)S(=O)(=O)c1ccc(N(C)Cc2ccc3ccccc3c2)nc1. The number of anilines is 1. The van der Waals surface area contributed by atoms with Crippen LogP contribution in [0.15, 0.2) is 65.7 Å². The second kappa shape index (κ2) is 8.06. The summed E-state index contributed by atoms with van der Waals surface area (Å²) in [5.74, 6) is 0.738. The summed E-state index contributed by atoms with van der Waals surface area (Å²) in [5, 5.41) is 2.42. The summed E-state index contributed by atoms with van der Waals surface area (Å²) in [4.78, 5) is 6.62. The topological polar surface area (TPSA) is 53.5 Å². The van der Waals surface area contributed by atoms with Crippen molar-refractivity contribution in [2.24, 2.45) is 0 Å². The second-order valence-corrected chi connectivity index (χ2v) is 8.42. The molecule has 3 aromatic rings. The Kier molecular flexibility index (Phi) is 5.77. The third-order valence-electron chi connectivity index (χ3n) is 4.69. The zero-order chi connectivity index (χ0) is 19.4. The Morgan fingerprint density at radius 3 is 2.26 bits per heavy atom. The van der Waals surface area contributed by atoms with Crippen LogP contribution in [0.3, 0.4) is 0 Å². The summed E-state index contributed by atoms with van der Waals surface area (Å²) in [6.45, 7) is 5.26. The molecular formula is C21H25N3O2S. The van der Waals surface area contributed by atoms with Crippen molar-refractivity contribution in [2.75, 3.05) is 25.0 Å². The van der Waals surface area contributed by atoms with Gasteiger partial charge in [-0.05, 0) is 34.5 Å². The predicted molar refractivity (Wildman–Crippen MR) is 110 cm³/mol. The Morgan fingerprint density at radius 1 is 0.926 bits per heavy atom. The second-order valence-electron chi connectivity index (χ2n) is 6.48. The Morgan fingerprint density at radius 2 is 1.63 bits per heavy atom. The smallest absolute Gasteiger partial charge is 0.244 e. The van der Waals surface area contributed by atoms with Crippen LogP contribution in [0.5, 0.6) is 0 Å². The highest BCUT2D eigenvalue weighted by atomic mass is 32.2. The van der Waals surface area contributed by atoms with E-state index in [9.17, 15) is 8.42 Å². The van der Waals surface area contributed by atoms with Crippen molar-refractivity contribution >= 4 is 26.6 Å². The van der Waals surface area contributed by atoms with Crippen LogP contribution in [0.4, 0.5) is 5.82 Å². The first-order chi connectivity index (χ1) is 13.0. The first kappa shape index (κ1) is 19.3. The van der Waals surface area contributed by atoms with Gasteiger partial charge in [0.25, 0.3) is 0 Å². The lowest BCUT2D eigenvalue weighted by Crippen LogP contribution is -2.30. The molecule has 27 heavy (non-hydrogen) atoms. The molecule has 0 aliphatic rings. The van der Waals surface area contributed by atoms with Crippen molar-refractivity contribution in [3.63, 3.8) is 0 Å². The largest absolute Gasteiger partial charge is 0.355 e. The molecule has 2 aromatic carbocycles. The van der Waals surface area contributed by atoms with Gasteiger partial charge in [0.05, 0.1) is 0 Å². The first-order valence-electron chi connectivity index (χ1n) is 9.10. The molecule has 6 heteroatoms. The fraction of sp³-hybridized carbons (Fsp3) is 0.286. The highest BCUT2D eigenvalue weighted by Crippen LogP contribution is 2.20. The normalized spacial score (nSPS) is 11.9. The summed E-state index contributed by atoms with van der Waals surface area (Å²) >= 11 is 0. The lowest BCUT2D eigenvalue weighted by molar-refractivity contribution is 0.445. The molecule has 0 N–H and O–H groups in total. The third kappa shape index (κ3) is 4.12. The van der Waals surface area contributed by atoms with Crippen LogP contribution in [0.25, 0.3) is 10.8 Å². The quantitative estimate of drug-likeness (QED) is 0.621. The lowest BCUT2D eigenvalue weighted by Gasteiger charge is -2.21. The minimum atomic E-state index is -3.47. The number of hydrogen-bond donors (Lipinski definition) is 0. The fourth-order valence-corrected chi connectivity index (χ4v) is 4.56. The van der Waals surface area contributed by atoms with Gasteiger partial charge in [0.1, 0.15) is 10.7 Å². The minimum absolute atomic E-state index is 0.231. The van der Waals surface area contributed by atoms with E-state index in [-0.39, 0.29) is 4.90 Å². The van der Waals surface area contributed by atoms with Crippen LogP contribution in [-0.2, 0) is 16.6 Å². The van der Waals surface area contributed by atoms with Gasteiger partial charge in [0.2, 0.25) is 10.0 Å². The molecule has 0 saturated carbocycles. The van der Waals surface area contributed by atoms with Crippen molar-refractivity contribution in [3.05, 3.63) is 66.4 Å². The van der Waals surface area contributed by atoms with Gasteiger partial charge in [-0.3, -0.25) is 0 Å². The highest BCUT2D eigenvalue weighted by Gasteiger charge is 2.22. The summed E-state index contributed by atoms with van der Waals surface area (Å²) in [6, 6.07) is 18.1. The van der Waals surface area contributed by atoms with Crippen LogP contribution >= 0.6 is 0 Å². The maximum absolute atomic E-state index is 12.6. The van der Waals surface area contributed by atoms with Gasteiger partial charge in [-0.2, -0.15) is 4.31 Å². The number of sulfonamides is 1. The van der Waals surface area contributed by atoms with Crippen molar-refractivity contribution in [3.8, 4) is 0 Å². The molecule has 1 heterocycles. The van der Waals surface area contributed by atoms with Gasteiger partial charge in [-0.1, -0.05) is 50.2 Å². The molecule has 0 aliphatic carbocycles. The van der Waals surface area contributed by atoms with E-state index in [4.69, 9.17) is 0 Å². The van der Waals surface area contributed by atoms with Crippen molar-refractivity contribution in [1.82, 2.24) is 9.29 Å². The molecule has 3 rings (SSSR count). The van der Waals surface area contributed by atoms with Gasteiger partial charge in [0, 0.05) is 32.9 Å². The van der Waals surface area contributed by atoms with Crippen molar-refractivity contribution in [1.29, 1.82) is 0 Å². The zero-order valence-corrected chi connectivity index (χ0v) is 16.8. The van der Waals surface area contributed by atoms with E-state index in [1.165, 1.54) is 26.8 Å². The molecule has 1 aromatic heterocycles. The molecule has 0 atom stereocenters. The van der Waals surface area contributed by atoms with E-state index in [0.717, 1.165) is 5.82 Å². The predicted octanol–water partition coefficient (Wildman–Crippen LogP) is 3.90. The monoisotopic (exact) mass is 383 g/mol. The molecule has 0 amide bonds. The number of benzene rings is 2. The molecule has 0 unspecified atom stereocenters. The highest BCUT2D eigenvalue weighted by molar-refractivity contribution is 7.89. The number of rotatable bonds is 7. The first-order valence-corrected chi connectivity index (χ1v) is 10.5. The van der Waals surface area contributed by atoms with Crippen LogP contribution in [0.1, 0.15) is 19.4 Å². The van der Waals surface area contributed by atoms with Crippen LogP contribution < -0.4 is 4.90 Å². The van der Waals surface area contributed by atoms with E-state index in [1.54, 1.807) is 12.1 Å². The standard InChI is InChI=1S/C21H25N3O2S/c1-4-24(5-2)27(25,26)20-12-13-21(22-15-20)23(3)16-17-10-11-18-8-6-7-9-19(18)14-17/h6-15H,4-5,16H2,1-3H3. The molecule has 0 aliphatic heterocycles. The Labute approximate surface area is 161 Å². The molecule has 0 spiro atoms. The lowest BCUT2D eigenvalue weighted by atomic mass is 10.1. The maximum atomic E-state index is 12.6. The zero-order valence-electron chi connectivity index (χ0n) is 16.0.